The highest BCUT2D eigenvalue weighted by atomic mass is 19.1. The van der Waals surface area contributed by atoms with Crippen molar-refractivity contribution in [1.82, 2.24) is 19.8 Å². The molecule has 8 heteroatoms. The molecule has 1 aromatic carbocycles. The van der Waals surface area contributed by atoms with Gasteiger partial charge in [-0.2, -0.15) is 4.98 Å². The van der Waals surface area contributed by atoms with Gasteiger partial charge in [-0.05, 0) is 32.1 Å². The lowest BCUT2D eigenvalue weighted by Crippen LogP contribution is -2.40. The average Bonchev–Trinajstić information content (AvgIpc) is 3.22. The predicted octanol–water partition coefficient (Wildman–Crippen LogP) is 1.70. The fourth-order valence-corrected chi connectivity index (χ4v) is 4.67. The Balaban J connectivity index is 1.64. The monoisotopic (exact) mass is 398 g/mol. The number of nitrogens with two attached hydrogens (primary N) is 1. The molecule has 4 rings (SSSR count). The smallest absolute Gasteiger partial charge is 0.237 e. The van der Waals surface area contributed by atoms with Crippen molar-refractivity contribution >= 4 is 17.7 Å². The maximum Gasteiger partial charge on any atom is 0.237 e. The number of likely N-dealkylation sites (tertiary alicyclic amines) is 1. The van der Waals surface area contributed by atoms with Crippen LogP contribution in [0.4, 0.5) is 16.2 Å². The van der Waals surface area contributed by atoms with Gasteiger partial charge in [0.25, 0.3) is 0 Å². The molecule has 2 N–H and O–H groups in total. The van der Waals surface area contributed by atoms with Crippen molar-refractivity contribution in [2.45, 2.75) is 13.0 Å². The van der Waals surface area contributed by atoms with Crippen LogP contribution in [0, 0.1) is 24.6 Å². The standard InChI is InChI=1S/C21H27FN6O/c1-13-6-4-5-7-15(13)19-16-11-27(21-24-8-17(22)20(23)25-21)9-14(16)10-28(19)18(29)12-26(2)3/h4-8,14,16,19H,9-12H2,1-3H3,(H2,23,24,25)/t14-,16-,19+/m1/s1. The molecule has 0 saturated carbocycles. The number of nitrogens with zero attached hydrogens (tertiary/aromatic N) is 5. The molecule has 2 aliphatic heterocycles. The van der Waals surface area contributed by atoms with E-state index >= 15 is 0 Å². The molecule has 3 atom stereocenters. The number of carbonyl (C=O) groups excluding carboxylic acids is 1. The Kier molecular flexibility index (Phi) is 5.12. The van der Waals surface area contributed by atoms with E-state index in [0.717, 1.165) is 12.7 Å². The lowest BCUT2D eigenvalue weighted by Gasteiger charge is -2.31. The summed E-state index contributed by atoms with van der Waals surface area (Å²) in [7, 11) is 3.82. The molecule has 0 unspecified atom stereocenters. The molecule has 0 aliphatic carbocycles. The van der Waals surface area contributed by atoms with Crippen LogP contribution < -0.4 is 10.6 Å². The van der Waals surface area contributed by atoms with Crippen LogP contribution in [-0.2, 0) is 4.79 Å². The minimum atomic E-state index is -0.605. The number of halogens is 1. The van der Waals surface area contributed by atoms with Gasteiger partial charge in [0.15, 0.2) is 11.6 Å². The number of fused-ring (bicyclic) bond motifs is 1. The number of nitrogen functional groups attached to an aromatic ring is 1. The fraction of sp³-hybridized carbons (Fsp3) is 0.476. The van der Waals surface area contributed by atoms with Gasteiger partial charge in [-0.25, -0.2) is 9.37 Å². The highest BCUT2D eigenvalue weighted by Crippen LogP contribution is 2.46. The summed E-state index contributed by atoms with van der Waals surface area (Å²) in [5.41, 5.74) is 8.01. The molecule has 0 spiro atoms. The molecular weight excluding hydrogens is 371 g/mol. The fourth-order valence-electron chi connectivity index (χ4n) is 4.67. The van der Waals surface area contributed by atoms with Crippen molar-refractivity contribution in [2.75, 3.05) is 50.9 Å². The number of likely N-dealkylation sites (N-methyl/N-ethyl adjacent to an activating group) is 1. The van der Waals surface area contributed by atoms with Crippen LogP contribution in [0.2, 0.25) is 0 Å². The Bertz CT molecular complexity index is 920. The molecule has 154 valence electrons. The number of benzene rings is 1. The Morgan fingerprint density at radius 1 is 1.28 bits per heavy atom. The normalized spacial score (nSPS) is 23.7. The maximum atomic E-state index is 13.5. The van der Waals surface area contributed by atoms with E-state index in [-0.39, 0.29) is 23.7 Å². The molecule has 1 amide bonds. The summed E-state index contributed by atoms with van der Waals surface area (Å²) < 4.78 is 13.5. The van der Waals surface area contributed by atoms with Crippen LogP contribution in [0.1, 0.15) is 17.2 Å². The van der Waals surface area contributed by atoms with Crippen LogP contribution in [0.5, 0.6) is 0 Å². The third-order valence-electron chi connectivity index (χ3n) is 5.98. The summed E-state index contributed by atoms with van der Waals surface area (Å²) >= 11 is 0. The highest BCUT2D eigenvalue weighted by Gasteiger charge is 2.49. The summed E-state index contributed by atoms with van der Waals surface area (Å²) in [5, 5.41) is 0. The second-order valence-corrected chi connectivity index (χ2v) is 8.32. The first-order valence-electron chi connectivity index (χ1n) is 9.88. The van der Waals surface area contributed by atoms with Crippen LogP contribution >= 0.6 is 0 Å². The van der Waals surface area contributed by atoms with Crippen molar-refractivity contribution in [1.29, 1.82) is 0 Å². The second kappa shape index (κ2) is 7.59. The quantitative estimate of drug-likeness (QED) is 0.845. The Morgan fingerprint density at radius 2 is 2.03 bits per heavy atom. The van der Waals surface area contributed by atoms with Gasteiger partial charge in [-0.1, -0.05) is 24.3 Å². The van der Waals surface area contributed by atoms with Gasteiger partial charge >= 0.3 is 0 Å². The maximum absolute atomic E-state index is 13.5. The predicted molar refractivity (Wildman–Crippen MR) is 110 cm³/mol. The zero-order valence-corrected chi connectivity index (χ0v) is 17.0. The molecule has 2 saturated heterocycles. The molecule has 29 heavy (non-hydrogen) atoms. The summed E-state index contributed by atoms with van der Waals surface area (Å²) in [6.45, 7) is 4.62. The third kappa shape index (κ3) is 3.64. The van der Waals surface area contributed by atoms with Gasteiger partial charge in [-0.15, -0.1) is 0 Å². The van der Waals surface area contributed by atoms with Crippen molar-refractivity contribution in [3.05, 3.63) is 47.4 Å². The number of amides is 1. The first-order valence-corrected chi connectivity index (χ1v) is 9.88. The van der Waals surface area contributed by atoms with Crippen LogP contribution in [0.15, 0.2) is 30.5 Å². The number of hydrogen-bond donors (Lipinski definition) is 1. The van der Waals surface area contributed by atoms with E-state index in [2.05, 4.69) is 33.9 Å². The molecule has 1 aromatic heterocycles. The van der Waals surface area contributed by atoms with Gasteiger partial charge in [-0.3, -0.25) is 4.79 Å². The van der Waals surface area contributed by atoms with E-state index in [0.29, 0.717) is 31.5 Å². The number of rotatable bonds is 4. The minimum Gasteiger partial charge on any atom is -0.381 e. The van der Waals surface area contributed by atoms with Gasteiger partial charge in [0.05, 0.1) is 18.8 Å². The SMILES string of the molecule is Cc1ccccc1[C@H]1[C@@H]2CN(c3ncc(F)c(N)n3)C[C@@H]2CN1C(=O)CN(C)C. The largest absolute Gasteiger partial charge is 0.381 e. The van der Waals surface area contributed by atoms with Crippen LogP contribution in [0.3, 0.4) is 0 Å². The molecular formula is C21H27FN6O. The van der Waals surface area contributed by atoms with E-state index in [1.807, 2.05) is 36.0 Å². The van der Waals surface area contributed by atoms with Crippen LogP contribution in [0.25, 0.3) is 0 Å². The first-order chi connectivity index (χ1) is 13.8. The molecule has 0 bridgehead atoms. The topological polar surface area (TPSA) is 78.6 Å². The van der Waals surface area contributed by atoms with E-state index in [9.17, 15) is 9.18 Å². The highest BCUT2D eigenvalue weighted by molar-refractivity contribution is 5.79. The van der Waals surface area contributed by atoms with Crippen molar-refractivity contribution < 1.29 is 9.18 Å². The molecule has 0 radical (unpaired) electrons. The van der Waals surface area contributed by atoms with Gasteiger partial charge in [0.2, 0.25) is 11.9 Å². The Hall–Kier alpha value is -2.74. The number of anilines is 2. The van der Waals surface area contributed by atoms with E-state index in [1.54, 1.807) is 0 Å². The number of aromatic nitrogens is 2. The van der Waals surface area contributed by atoms with E-state index in [1.165, 1.54) is 11.1 Å². The molecule has 3 heterocycles. The molecule has 2 fully saturated rings. The second-order valence-electron chi connectivity index (χ2n) is 8.32. The molecule has 2 aromatic rings. The lowest BCUT2D eigenvalue weighted by molar-refractivity contribution is -0.133. The minimum absolute atomic E-state index is 0.0106. The van der Waals surface area contributed by atoms with E-state index in [4.69, 9.17) is 5.73 Å². The molecule has 7 nitrogen and oxygen atoms in total. The zero-order chi connectivity index (χ0) is 20.7. The summed E-state index contributed by atoms with van der Waals surface area (Å²) in [6.07, 6.45) is 1.12. The van der Waals surface area contributed by atoms with Crippen molar-refractivity contribution in [3.8, 4) is 0 Å². The van der Waals surface area contributed by atoms with Gasteiger partial charge in [0, 0.05) is 31.5 Å². The summed E-state index contributed by atoms with van der Waals surface area (Å²) in [5.74, 6) is 0.425. The third-order valence-corrected chi connectivity index (χ3v) is 5.98. The number of carbonyl (C=O) groups is 1. The lowest BCUT2D eigenvalue weighted by atomic mass is 9.87. The van der Waals surface area contributed by atoms with Crippen LogP contribution in [-0.4, -0.2) is 65.9 Å². The van der Waals surface area contributed by atoms with Crippen molar-refractivity contribution in [3.63, 3.8) is 0 Å². The average molecular weight is 398 g/mol. The summed E-state index contributed by atoms with van der Waals surface area (Å²) in [4.78, 5) is 27.3. The van der Waals surface area contributed by atoms with Gasteiger partial charge in [0.1, 0.15) is 0 Å². The molecule has 2 aliphatic rings. The van der Waals surface area contributed by atoms with Crippen molar-refractivity contribution in [2.24, 2.45) is 11.8 Å². The zero-order valence-electron chi connectivity index (χ0n) is 17.0. The number of aryl methyl sites for hydroxylation is 1. The Morgan fingerprint density at radius 3 is 2.72 bits per heavy atom. The Labute approximate surface area is 170 Å². The first kappa shape index (κ1) is 19.6. The number of hydrogen-bond acceptors (Lipinski definition) is 6. The summed E-state index contributed by atoms with van der Waals surface area (Å²) in [6, 6.07) is 8.27. The van der Waals surface area contributed by atoms with Gasteiger partial charge < -0.3 is 20.4 Å². The van der Waals surface area contributed by atoms with E-state index < -0.39 is 5.82 Å².